The Morgan fingerprint density at radius 2 is 2.06 bits per heavy atom. The highest BCUT2D eigenvalue weighted by atomic mass is 28.3. The van der Waals surface area contributed by atoms with Gasteiger partial charge in [0.1, 0.15) is 35.5 Å². The lowest BCUT2D eigenvalue weighted by Gasteiger charge is -2.45. The van der Waals surface area contributed by atoms with Gasteiger partial charge in [-0.2, -0.15) is 15.5 Å². The van der Waals surface area contributed by atoms with E-state index in [1.807, 2.05) is 27.0 Å². The smallest absolute Gasteiger partial charge is 0.410 e. The van der Waals surface area contributed by atoms with E-state index in [4.69, 9.17) is 20.3 Å². The van der Waals surface area contributed by atoms with E-state index in [9.17, 15) is 10.1 Å². The van der Waals surface area contributed by atoms with Gasteiger partial charge in [-0.1, -0.05) is 19.6 Å². The molecule has 1 saturated carbocycles. The zero-order valence-electron chi connectivity index (χ0n) is 22.4. The largest absolute Gasteiger partial charge is 0.444 e. The van der Waals surface area contributed by atoms with Crippen LogP contribution in [0.1, 0.15) is 51.6 Å². The fourth-order valence-corrected chi connectivity index (χ4v) is 5.75. The average molecular weight is 514 g/mol. The quantitative estimate of drug-likeness (QED) is 0.428. The van der Waals surface area contributed by atoms with E-state index in [0.29, 0.717) is 43.5 Å². The first-order valence-corrected chi connectivity index (χ1v) is 16.4. The molecular formula is C25H39N7O3Si. The van der Waals surface area contributed by atoms with Gasteiger partial charge in [0.25, 0.3) is 0 Å². The van der Waals surface area contributed by atoms with Gasteiger partial charge in [-0.3, -0.25) is 0 Å². The molecule has 36 heavy (non-hydrogen) atoms. The summed E-state index contributed by atoms with van der Waals surface area (Å²) in [5.41, 5.74) is 7.61. The number of rotatable bonds is 7. The second-order valence-corrected chi connectivity index (χ2v) is 18.1. The Bertz CT molecular complexity index is 1150. The average Bonchev–Trinajstić information content (AvgIpc) is 3.45. The summed E-state index contributed by atoms with van der Waals surface area (Å²) in [5, 5.41) is 18.9. The molecule has 2 aromatic rings. The van der Waals surface area contributed by atoms with E-state index in [1.165, 1.54) is 0 Å². The summed E-state index contributed by atoms with van der Waals surface area (Å²) >= 11 is 0. The first kappa shape index (κ1) is 26.2. The summed E-state index contributed by atoms with van der Waals surface area (Å²) in [5.74, 6) is 0.383. The maximum Gasteiger partial charge on any atom is 0.410 e. The third-order valence-electron chi connectivity index (χ3n) is 6.96. The van der Waals surface area contributed by atoms with Crippen molar-refractivity contribution in [3.8, 4) is 17.3 Å². The normalized spacial score (nSPS) is 22.0. The Morgan fingerprint density at radius 1 is 1.33 bits per heavy atom. The van der Waals surface area contributed by atoms with Gasteiger partial charge in [0, 0.05) is 39.5 Å². The first-order valence-electron chi connectivity index (χ1n) is 12.7. The number of anilines is 1. The number of hydrogen-bond acceptors (Lipinski definition) is 7. The summed E-state index contributed by atoms with van der Waals surface area (Å²) in [6, 6.07) is 3.42. The van der Waals surface area contributed by atoms with Crippen molar-refractivity contribution >= 4 is 20.0 Å². The lowest BCUT2D eigenvalue weighted by Crippen LogP contribution is -2.43. The van der Waals surface area contributed by atoms with Gasteiger partial charge in [0.2, 0.25) is 0 Å². The van der Waals surface area contributed by atoms with Crippen molar-refractivity contribution in [3.05, 3.63) is 18.0 Å². The molecule has 10 nitrogen and oxygen atoms in total. The zero-order valence-corrected chi connectivity index (χ0v) is 23.4. The van der Waals surface area contributed by atoms with Crippen molar-refractivity contribution in [2.75, 3.05) is 25.4 Å². The molecule has 0 aromatic carbocycles. The van der Waals surface area contributed by atoms with Crippen LogP contribution in [0.15, 0.2) is 12.4 Å². The highest BCUT2D eigenvalue weighted by molar-refractivity contribution is 6.76. The van der Waals surface area contributed by atoms with E-state index in [1.54, 1.807) is 20.5 Å². The SMILES string of the molecule is CC(C)(C)OC(=O)N1CCC2(CC(n3nc(-c4cnn(COCC[Si](C)(C)C)c4)c(C#N)c3N)C2)C1. The third-order valence-corrected chi connectivity index (χ3v) is 8.66. The maximum absolute atomic E-state index is 12.5. The molecule has 2 aliphatic rings. The standard InChI is InChI=1S/C25H39N7O3Si/c1-24(2,3)35-23(33)30-8-7-25(16-30)11-19(12-25)32-22(27)20(13-26)21(29-32)18-14-28-31(15-18)17-34-9-10-36(4,5)6/h14-15,19H,7-12,16-17,27H2,1-6H3. The summed E-state index contributed by atoms with van der Waals surface area (Å²) in [6.45, 7) is 15.1. The van der Waals surface area contributed by atoms with Crippen LogP contribution in [0.3, 0.4) is 0 Å². The van der Waals surface area contributed by atoms with Crippen LogP contribution in [0.25, 0.3) is 11.3 Å². The van der Waals surface area contributed by atoms with Gasteiger partial charge in [-0.25, -0.2) is 14.2 Å². The van der Waals surface area contributed by atoms with Gasteiger partial charge in [0.05, 0.1) is 12.2 Å². The number of carbonyl (C=O) groups is 1. The highest BCUT2D eigenvalue weighted by Crippen LogP contribution is 2.54. The van der Waals surface area contributed by atoms with Crippen molar-refractivity contribution in [1.29, 1.82) is 5.26 Å². The topological polar surface area (TPSA) is 124 Å². The zero-order chi connectivity index (χ0) is 26.3. The molecule has 196 valence electrons. The molecule has 0 radical (unpaired) electrons. The first-order chi connectivity index (χ1) is 16.8. The Kier molecular flexibility index (Phi) is 6.96. The van der Waals surface area contributed by atoms with Crippen molar-refractivity contribution in [2.24, 2.45) is 5.41 Å². The molecule has 2 fully saturated rings. The fraction of sp³-hybridized carbons (Fsp3) is 0.680. The molecule has 0 bridgehead atoms. The molecule has 3 heterocycles. The van der Waals surface area contributed by atoms with Crippen LogP contribution < -0.4 is 5.73 Å². The van der Waals surface area contributed by atoms with Gasteiger partial charge in [-0.05, 0) is 51.5 Å². The molecule has 4 rings (SSSR count). The predicted octanol–water partition coefficient (Wildman–Crippen LogP) is 4.47. The van der Waals surface area contributed by atoms with Crippen molar-refractivity contribution in [3.63, 3.8) is 0 Å². The number of nitriles is 1. The van der Waals surface area contributed by atoms with Crippen LogP contribution in [-0.2, 0) is 16.2 Å². The second-order valence-electron chi connectivity index (χ2n) is 12.5. The second kappa shape index (κ2) is 9.56. The van der Waals surface area contributed by atoms with Crippen LogP contribution in [-0.4, -0.2) is 63.9 Å². The minimum absolute atomic E-state index is 0.0606. The van der Waals surface area contributed by atoms with Crippen LogP contribution >= 0.6 is 0 Å². The number of carbonyl (C=O) groups excluding carboxylic acids is 1. The van der Waals surface area contributed by atoms with Crippen LogP contribution in [0.5, 0.6) is 0 Å². The van der Waals surface area contributed by atoms with E-state index in [-0.39, 0.29) is 17.6 Å². The Morgan fingerprint density at radius 3 is 2.69 bits per heavy atom. The maximum atomic E-state index is 12.5. The fourth-order valence-electron chi connectivity index (χ4n) is 4.99. The molecule has 0 atom stereocenters. The Hall–Kier alpha value is -2.84. The minimum atomic E-state index is -1.14. The summed E-state index contributed by atoms with van der Waals surface area (Å²) in [4.78, 5) is 14.3. The lowest BCUT2D eigenvalue weighted by molar-refractivity contribution is 0.0188. The molecule has 1 amide bonds. The molecule has 2 aromatic heterocycles. The van der Waals surface area contributed by atoms with Crippen molar-refractivity contribution in [2.45, 2.75) is 84.1 Å². The van der Waals surface area contributed by atoms with Gasteiger partial charge in [-0.15, -0.1) is 0 Å². The monoisotopic (exact) mass is 513 g/mol. The third kappa shape index (κ3) is 5.76. The van der Waals surface area contributed by atoms with Gasteiger partial charge in [0.15, 0.2) is 0 Å². The van der Waals surface area contributed by atoms with Crippen LogP contribution in [0.2, 0.25) is 25.7 Å². The molecular weight excluding hydrogens is 474 g/mol. The molecule has 1 spiro atoms. The van der Waals surface area contributed by atoms with Crippen molar-refractivity contribution in [1.82, 2.24) is 24.5 Å². The molecule has 1 saturated heterocycles. The van der Waals surface area contributed by atoms with Crippen LogP contribution in [0.4, 0.5) is 10.6 Å². The number of nitrogens with zero attached hydrogens (tertiary/aromatic N) is 6. The van der Waals surface area contributed by atoms with E-state index >= 15 is 0 Å². The van der Waals surface area contributed by atoms with Crippen molar-refractivity contribution < 1.29 is 14.3 Å². The Balaban J connectivity index is 1.40. The molecule has 0 unspecified atom stereocenters. The number of nitrogens with two attached hydrogens (primary N) is 1. The molecule has 11 heteroatoms. The number of hydrogen-bond donors (Lipinski definition) is 1. The number of nitrogen functional groups attached to an aromatic ring is 1. The number of amides is 1. The summed E-state index contributed by atoms with van der Waals surface area (Å²) in [6.07, 6.45) is 5.97. The van der Waals surface area contributed by atoms with Gasteiger partial charge >= 0.3 is 6.09 Å². The Labute approximate surface area is 214 Å². The molecule has 2 N–H and O–H groups in total. The number of likely N-dealkylation sites (tertiary alicyclic amines) is 1. The van der Waals surface area contributed by atoms with E-state index in [0.717, 1.165) is 30.9 Å². The number of aromatic nitrogens is 4. The van der Waals surface area contributed by atoms with Gasteiger partial charge < -0.3 is 20.1 Å². The highest BCUT2D eigenvalue weighted by Gasteiger charge is 2.51. The minimum Gasteiger partial charge on any atom is -0.444 e. The summed E-state index contributed by atoms with van der Waals surface area (Å²) < 4.78 is 14.8. The lowest BCUT2D eigenvalue weighted by atomic mass is 9.65. The molecule has 1 aliphatic heterocycles. The molecule has 1 aliphatic carbocycles. The van der Waals surface area contributed by atoms with Crippen LogP contribution in [0, 0.1) is 16.7 Å². The van der Waals surface area contributed by atoms with E-state index in [2.05, 4.69) is 30.8 Å². The number of ether oxygens (including phenoxy) is 2. The predicted molar refractivity (Wildman–Crippen MR) is 140 cm³/mol. The summed E-state index contributed by atoms with van der Waals surface area (Å²) in [7, 11) is -1.14. The van der Waals surface area contributed by atoms with E-state index < -0.39 is 13.7 Å².